The Hall–Kier alpha value is -3.46. The van der Waals surface area contributed by atoms with Gasteiger partial charge in [-0.2, -0.15) is 0 Å². The highest BCUT2D eigenvalue weighted by atomic mass is 32.1. The van der Waals surface area contributed by atoms with Gasteiger partial charge in [0.2, 0.25) is 0 Å². The molecule has 0 saturated heterocycles. The van der Waals surface area contributed by atoms with E-state index in [1.165, 1.54) is 126 Å². The van der Waals surface area contributed by atoms with Gasteiger partial charge in [0.25, 0.3) is 0 Å². The van der Waals surface area contributed by atoms with E-state index in [-0.39, 0.29) is 0 Å². The van der Waals surface area contributed by atoms with Gasteiger partial charge in [0.1, 0.15) is 0 Å². The number of fused-ring (bicyclic) bond motifs is 11. The Bertz CT molecular complexity index is 2250. The molecule has 2 aromatic heterocycles. The van der Waals surface area contributed by atoms with Crippen molar-refractivity contribution in [1.29, 1.82) is 0 Å². The molecule has 0 aliphatic rings. The zero-order valence-electron chi connectivity index (χ0n) is 29.1. The standard InChI is InChI=1S/C46H48S2/c1-5-9-15-29(7-3)21-37-25-35-23-31-17-11-13-19-33(31)27-39(35)43-41(37)45-46(47-43)42-38(22-30(8-4)16-10-6-2)26-36-24-32-18-12-14-20-34(32)28-40(36)44(42)48-45/h11-14,17-20,23-30H,5-10,15-16,21-22H2,1-4H3. The van der Waals surface area contributed by atoms with Crippen molar-refractivity contribution in [2.75, 3.05) is 0 Å². The van der Waals surface area contributed by atoms with Crippen LogP contribution < -0.4 is 0 Å². The minimum absolute atomic E-state index is 0.724. The summed E-state index contributed by atoms with van der Waals surface area (Å²) in [4.78, 5) is 0. The number of unbranched alkanes of at least 4 members (excludes halogenated alkanes) is 2. The van der Waals surface area contributed by atoms with Crippen LogP contribution in [-0.4, -0.2) is 0 Å². The molecule has 0 fully saturated rings. The molecule has 6 aromatic carbocycles. The van der Waals surface area contributed by atoms with E-state index in [0.717, 1.165) is 11.8 Å². The van der Waals surface area contributed by atoms with Gasteiger partial charge in [0, 0.05) is 30.9 Å². The van der Waals surface area contributed by atoms with Gasteiger partial charge in [0.05, 0.1) is 9.40 Å². The van der Waals surface area contributed by atoms with Crippen molar-refractivity contribution < 1.29 is 0 Å². The number of hydrogen-bond acceptors (Lipinski definition) is 2. The first-order chi connectivity index (χ1) is 23.6. The molecule has 48 heavy (non-hydrogen) atoms. The maximum Gasteiger partial charge on any atom is 0.0545 e. The molecule has 0 radical (unpaired) electrons. The molecule has 2 atom stereocenters. The normalized spacial score (nSPS) is 13.7. The van der Waals surface area contributed by atoms with Gasteiger partial charge in [-0.15, -0.1) is 22.7 Å². The van der Waals surface area contributed by atoms with E-state index < -0.39 is 0 Å². The highest BCUT2D eigenvalue weighted by Gasteiger charge is 2.23. The van der Waals surface area contributed by atoms with E-state index >= 15 is 0 Å². The summed E-state index contributed by atoms with van der Waals surface area (Å²) in [5, 5.41) is 14.1. The molecular weight excluding hydrogens is 617 g/mol. The first-order valence-electron chi connectivity index (χ1n) is 18.7. The maximum absolute atomic E-state index is 2.58. The van der Waals surface area contributed by atoms with Gasteiger partial charge in [0.15, 0.2) is 0 Å². The van der Waals surface area contributed by atoms with Gasteiger partial charge < -0.3 is 0 Å². The van der Waals surface area contributed by atoms with Crippen molar-refractivity contribution in [3.63, 3.8) is 0 Å². The van der Waals surface area contributed by atoms with Crippen molar-refractivity contribution in [2.45, 2.75) is 91.9 Å². The van der Waals surface area contributed by atoms with E-state index in [1.807, 2.05) is 0 Å². The van der Waals surface area contributed by atoms with Gasteiger partial charge in [-0.05, 0) is 92.4 Å². The van der Waals surface area contributed by atoms with Crippen LogP contribution in [0.15, 0.2) is 84.9 Å². The summed E-state index contributed by atoms with van der Waals surface area (Å²) in [5.74, 6) is 1.45. The average molecular weight is 665 g/mol. The molecule has 0 aliphatic carbocycles. The van der Waals surface area contributed by atoms with Crippen LogP contribution in [-0.2, 0) is 12.8 Å². The third-order valence-electron chi connectivity index (χ3n) is 11.3. The third-order valence-corrected chi connectivity index (χ3v) is 13.9. The summed E-state index contributed by atoms with van der Waals surface area (Å²) in [6, 6.07) is 32.9. The molecule has 0 saturated carbocycles. The number of rotatable bonds is 12. The lowest BCUT2D eigenvalue weighted by Crippen LogP contribution is -2.04. The monoisotopic (exact) mass is 664 g/mol. The number of benzene rings is 6. The fourth-order valence-corrected chi connectivity index (χ4v) is 11.5. The topological polar surface area (TPSA) is 0 Å². The van der Waals surface area contributed by atoms with Gasteiger partial charge in [-0.25, -0.2) is 0 Å². The summed E-state index contributed by atoms with van der Waals surface area (Å²) < 4.78 is 6.07. The van der Waals surface area contributed by atoms with Crippen molar-refractivity contribution in [1.82, 2.24) is 0 Å². The summed E-state index contributed by atoms with van der Waals surface area (Å²) in [6.45, 7) is 9.48. The minimum Gasteiger partial charge on any atom is -0.133 e. The molecule has 0 nitrogen and oxygen atoms in total. The smallest absolute Gasteiger partial charge is 0.0545 e. The highest BCUT2D eigenvalue weighted by molar-refractivity contribution is 7.37. The highest BCUT2D eigenvalue weighted by Crippen LogP contribution is 2.51. The average Bonchev–Trinajstić information content (AvgIpc) is 3.67. The minimum atomic E-state index is 0.724. The van der Waals surface area contributed by atoms with Crippen molar-refractivity contribution in [3.05, 3.63) is 96.1 Å². The predicted octanol–water partition coefficient (Wildman–Crippen LogP) is 15.4. The van der Waals surface area contributed by atoms with Crippen LogP contribution in [0, 0.1) is 11.8 Å². The van der Waals surface area contributed by atoms with Gasteiger partial charge >= 0.3 is 0 Å². The van der Waals surface area contributed by atoms with Gasteiger partial charge in [-0.3, -0.25) is 0 Å². The SMILES string of the molecule is CCCCC(CC)Cc1cc2cc3ccccc3cc2c2sc3c(sc4c5cc6ccccc6cc5cc(CC(CC)CCCC)c43)c12. The first-order valence-corrected chi connectivity index (χ1v) is 20.3. The quantitative estimate of drug-likeness (QED) is 0.114. The molecule has 8 aromatic rings. The molecule has 2 unspecified atom stereocenters. The molecule has 8 rings (SSSR count). The molecule has 0 N–H and O–H groups in total. The van der Waals surface area contributed by atoms with Gasteiger partial charge in [-0.1, -0.05) is 140 Å². The Labute approximate surface area is 293 Å². The Balaban J connectivity index is 1.45. The number of thiophene rings is 2. The van der Waals surface area contributed by atoms with E-state index in [4.69, 9.17) is 0 Å². The zero-order valence-corrected chi connectivity index (χ0v) is 30.8. The Morgan fingerprint density at radius 3 is 1.23 bits per heavy atom. The van der Waals surface area contributed by atoms with Crippen molar-refractivity contribution >= 4 is 95.3 Å². The maximum atomic E-state index is 2.58. The number of hydrogen-bond donors (Lipinski definition) is 0. The molecule has 0 bridgehead atoms. The molecule has 0 amide bonds. The van der Waals surface area contributed by atoms with Crippen LogP contribution in [0.3, 0.4) is 0 Å². The Morgan fingerprint density at radius 1 is 0.458 bits per heavy atom. The van der Waals surface area contributed by atoms with Crippen LogP contribution in [0.1, 0.15) is 90.2 Å². The van der Waals surface area contributed by atoms with E-state index in [1.54, 1.807) is 21.9 Å². The predicted molar refractivity (Wildman–Crippen MR) is 219 cm³/mol. The Kier molecular flexibility index (Phi) is 8.91. The van der Waals surface area contributed by atoms with E-state index in [2.05, 4.69) is 135 Å². The summed E-state index contributed by atoms with van der Waals surface area (Å²) in [5.41, 5.74) is 3.14. The van der Waals surface area contributed by atoms with E-state index in [0.29, 0.717) is 0 Å². The van der Waals surface area contributed by atoms with Crippen LogP contribution in [0.2, 0.25) is 0 Å². The largest absolute Gasteiger partial charge is 0.133 e. The molecular formula is C46H48S2. The fourth-order valence-electron chi connectivity index (χ4n) is 8.40. The summed E-state index contributed by atoms with van der Waals surface area (Å²) in [6.07, 6.45) is 12.7. The lowest BCUT2D eigenvalue weighted by molar-refractivity contribution is 0.450. The molecule has 2 heterocycles. The second kappa shape index (κ2) is 13.4. The summed E-state index contributed by atoms with van der Waals surface area (Å²) >= 11 is 4.18. The fraction of sp³-hybridized carbons (Fsp3) is 0.348. The molecule has 2 heteroatoms. The lowest BCUT2D eigenvalue weighted by Gasteiger charge is -2.17. The third kappa shape index (κ3) is 5.60. The van der Waals surface area contributed by atoms with E-state index in [9.17, 15) is 0 Å². The van der Waals surface area contributed by atoms with Crippen LogP contribution >= 0.6 is 22.7 Å². The molecule has 0 aliphatic heterocycles. The summed E-state index contributed by atoms with van der Waals surface area (Å²) in [7, 11) is 0. The first kappa shape index (κ1) is 31.8. The van der Waals surface area contributed by atoms with Crippen molar-refractivity contribution in [3.8, 4) is 0 Å². The molecule has 244 valence electrons. The van der Waals surface area contributed by atoms with Crippen molar-refractivity contribution in [2.24, 2.45) is 11.8 Å². The zero-order chi connectivity index (χ0) is 32.8. The Morgan fingerprint density at radius 2 is 0.854 bits per heavy atom. The second-order valence-corrected chi connectivity index (χ2v) is 16.5. The second-order valence-electron chi connectivity index (χ2n) is 14.4. The van der Waals surface area contributed by atoms with Crippen LogP contribution in [0.5, 0.6) is 0 Å². The molecule has 0 spiro atoms. The van der Waals surface area contributed by atoms with Crippen LogP contribution in [0.4, 0.5) is 0 Å². The van der Waals surface area contributed by atoms with Crippen LogP contribution in [0.25, 0.3) is 72.7 Å². The lowest BCUT2D eigenvalue weighted by atomic mass is 9.88.